The molecule has 0 aromatic heterocycles. The summed E-state index contributed by atoms with van der Waals surface area (Å²) in [4.78, 5) is 8.87. The first-order chi connectivity index (χ1) is 6.94. The van der Waals surface area contributed by atoms with Gasteiger partial charge in [-0.3, -0.25) is 0 Å². The molecule has 15 heavy (non-hydrogen) atoms. The number of hydrogen-bond acceptors (Lipinski definition) is 2. The van der Waals surface area contributed by atoms with Crippen molar-refractivity contribution < 1.29 is 8.78 Å². The fourth-order valence-electron chi connectivity index (χ4n) is 1.33. The molecule has 0 radical (unpaired) electrons. The number of likely N-dealkylation sites (tertiary alicyclic amines) is 1. The summed E-state index contributed by atoms with van der Waals surface area (Å²) >= 11 is 0. The maximum absolute atomic E-state index is 12.8. The Morgan fingerprint density at radius 2 is 1.87 bits per heavy atom. The SMILES string of the molecule is C=N/C(N)=N\C(=C)N1CCC(F)(F)CC1. The number of piperidine rings is 1. The van der Waals surface area contributed by atoms with E-state index in [1.54, 1.807) is 4.90 Å². The molecule has 1 rings (SSSR count). The summed E-state index contributed by atoms with van der Waals surface area (Å²) in [6.07, 6.45) is -0.355. The average molecular weight is 216 g/mol. The summed E-state index contributed by atoms with van der Waals surface area (Å²) in [6.45, 7) is 7.31. The summed E-state index contributed by atoms with van der Waals surface area (Å²) in [5.74, 6) is -2.21. The lowest BCUT2D eigenvalue weighted by Crippen LogP contribution is -2.38. The minimum absolute atomic E-state index is 0.00247. The first-order valence-corrected chi connectivity index (χ1v) is 4.57. The van der Waals surface area contributed by atoms with Crippen LogP contribution in [0, 0.1) is 0 Å². The molecular weight excluding hydrogens is 202 g/mol. The van der Waals surface area contributed by atoms with Gasteiger partial charge in [0.15, 0.2) is 0 Å². The first kappa shape index (κ1) is 11.6. The van der Waals surface area contributed by atoms with Crippen molar-refractivity contribution in [1.82, 2.24) is 4.90 Å². The third-order valence-corrected chi connectivity index (χ3v) is 2.27. The molecular formula is C9H14F2N4. The smallest absolute Gasteiger partial charge is 0.251 e. The van der Waals surface area contributed by atoms with Gasteiger partial charge in [0.2, 0.25) is 5.96 Å². The number of hydrogen-bond donors (Lipinski definition) is 1. The lowest BCUT2D eigenvalue weighted by Gasteiger charge is -2.32. The molecule has 6 heteroatoms. The molecule has 0 amide bonds. The lowest BCUT2D eigenvalue weighted by atomic mass is 10.1. The van der Waals surface area contributed by atoms with Gasteiger partial charge in [0.1, 0.15) is 5.82 Å². The van der Waals surface area contributed by atoms with Crippen molar-refractivity contribution in [3.05, 3.63) is 12.4 Å². The molecule has 0 aromatic rings. The predicted octanol–water partition coefficient (Wildman–Crippen LogP) is 1.20. The standard InChI is InChI=1S/C9H14F2N4/c1-7(14-8(12)13-2)15-5-3-9(10,11)4-6-15/h1-6H2,(H2,12,14). The van der Waals surface area contributed by atoms with E-state index in [0.29, 0.717) is 5.82 Å². The summed E-state index contributed by atoms with van der Waals surface area (Å²) in [7, 11) is 0. The molecule has 0 unspecified atom stereocenters. The zero-order valence-corrected chi connectivity index (χ0v) is 8.42. The van der Waals surface area contributed by atoms with Crippen LogP contribution in [0.4, 0.5) is 8.78 Å². The molecule has 0 aromatic carbocycles. The molecule has 1 heterocycles. The van der Waals surface area contributed by atoms with Gasteiger partial charge in [0, 0.05) is 25.9 Å². The van der Waals surface area contributed by atoms with Crippen LogP contribution in [0.5, 0.6) is 0 Å². The fourth-order valence-corrected chi connectivity index (χ4v) is 1.33. The number of nitrogens with zero attached hydrogens (tertiary/aromatic N) is 3. The summed E-state index contributed by atoms with van der Waals surface area (Å²) in [5.41, 5.74) is 5.32. The van der Waals surface area contributed by atoms with E-state index in [2.05, 4.69) is 23.3 Å². The molecule has 1 saturated heterocycles. The molecule has 1 aliphatic heterocycles. The quantitative estimate of drug-likeness (QED) is 0.557. The highest BCUT2D eigenvalue weighted by Gasteiger charge is 2.34. The highest BCUT2D eigenvalue weighted by atomic mass is 19.3. The number of alkyl halides is 2. The van der Waals surface area contributed by atoms with Crippen LogP contribution in [0.25, 0.3) is 0 Å². The predicted molar refractivity (Wildman–Crippen MR) is 56.1 cm³/mol. The molecule has 0 spiro atoms. The number of guanidine groups is 1. The summed E-state index contributed by atoms with van der Waals surface area (Å²) < 4.78 is 25.6. The van der Waals surface area contributed by atoms with E-state index in [-0.39, 0.29) is 31.9 Å². The second-order valence-electron chi connectivity index (χ2n) is 3.39. The number of aliphatic imine (C=N–C) groups is 2. The van der Waals surface area contributed by atoms with Crippen LogP contribution in [0.3, 0.4) is 0 Å². The van der Waals surface area contributed by atoms with Gasteiger partial charge in [-0.2, -0.15) is 4.99 Å². The second kappa shape index (κ2) is 4.37. The Kier molecular flexibility index (Phi) is 3.39. The van der Waals surface area contributed by atoms with Gasteiger partial charge in [-0.1, -0.05) is 6.58 Å². The normalized spacial score (nSPS) is 21.2. The molecule has 2 N–H and O–H groups in total. The zero-order chi connectivity index (χ0) is 11.5. The van der Waals surface area contributed by atoms with Crippen molar-refractivity contribution in [2.24, 2.45) is 15.7 Å². The van der Waals surface area contributed by atoms with Gasteiger partial charge in [0.25, 0.3) is 5.92 Å². The molecule has 1 aliphatic rings. The topological polar surface area (TPSA) is 54.0 Å². The van der Waals surface area contributed by atoms with E-state index in [1.807, 2.05) is 0 Å². The van der Waals surface area contributed by atoms with Crippen LogP contribution in [-0.2, 0) is 0 Å². The number of halogens is 2. The maximum atomic E-state index is 12.8. The van der Waals surface area contributed by atoms with Gasteiger partial charge in [0.05, 0.1) is 0 Å². The largest absolute Gasteiger partial charge is 0.368 e. The van der Waals surface area contributed by atoms with Crippen LogP contribution in [0.15, 0.2) is 22.4 Å². The van der Waals surface area contributed by atoms with E-state index in [4.69, 9.17) is 5.73 Å². The molecule has 0 aliphatic carbocycles. The number of nitrogens with two attached hydrogens (primary N) is 1. The Balaban J connectivity index is 2.54. The Morgan fingerprint density at radius 1 is 1.33 bits per heavy atom. The van der Waals surface area contributed by atoms with E-state index < -0.39 is 5.92 Å². The number of rotatable bonds is 2. The minimum Gasteiger partial charge on any atom is -0.368 e. The fraction of sp³-hybridized carbons (Fsp3) is 0.556. The monoisotopic (exact) mass is 216 g/mol. The molecule has 0 saturated carbocycles. The van der Waals surface area contributed by atoms with Gasteiger partial charge < -0.3 is 10.6 Å². The van der Waals surface area contributed by atoms with Crippen molar-refractivity contribution in [3.63, 3.8) is 0 Å². The minimum atomic E-state index is -2.57. The first-order valence-electron chi connectivity index (χ1n) is 4.57. The molecule has 1 fully saturated rings. The molecule has 84 valence electrons. The van der Waals surface area contributed by atoms with Crippen molar-refractivity contribution in [2.45, 2.75) is 18.8 Å². The van der Waals surface area contributed by atoms with Crippen LogP contribution >= 0.6 is 0 Å². The van der Waals surface area contributed by atoms with E-state index in [9.17, 15) is 8.78 Å². The van der Waals surface area contributed by atoms with Crippen LogP contribution in [0.2, 0.25) is 0 Å². The molecule has 4 nitrogen and oxygen atoms in total. The highest BCUT2D eigenvalue weighted by Crippen LogP contribution is 2.29. The Morgan fingerprint density at radius 3 is 2.33 bits per heavy atom. The maximum Gasteiger partial charge on any atom is 0.251 e. The van der Waals surface area contributed by atoms with Crippen LogP contribution in [-0.4, -0.2) is 36.6 Å². The van der Waals surface area contributed by atoms with Crippen molar-refractivity contribution in [1.29, 1.82) is 0 Å². The van der Waals surface area contributed by atoms with Crippen molar-refractivity contribution in [2.75, 3.05) is 13.1 Å². The van der Waals surface area contributed by atoms with Crippen LogP contribution in [0.1, 0.15) is 12.8 Å². The zero-order valence-electron chi connectivity index (χ0n) is 8.42. The summed E-state index contributed by atoms with van der Waals surface area (Å²) in [5, 5.41) is 0. The van der Waals surface area contributed by atoms with Gasteiger partial charge in [-0.05, 0) is 6.72 Å². The molecule has 0 atom stereocenters. The molecule has 0 bridgehead atoms. The average Bonchev–Trinajstić information content (AvgIpc) is 2.17. The van der Waals surface area contributed by atoms with Gasteiger partial charge >= 0.3 is 0 Å². The van der Waals surface area contributed by atoms with Gasteiger partial charge in [-0.25, -0.2) is 13.8 Å². The van der Waals surface area contributed by atoms with Crippen molar-refractivity contribution >= 4 is 12.7 Å². The lowest BCUT2D eigenvalue weighted by molar-refractivity contribution is -0.0490. The van der Waals surface area contributed by atoms with E-state index in [0.717, 1.165) is 0 Å². The van der Waals surface area contributed by atoms with Crippen LogP contribution < -0.4 is 5.73 Å². The third kappa shape index (κ3) is 3.30. The van der Waals surface area contributed by atoms with Crippen molar-refractivity contribution in [3.8, 4) is 0 Å². The second-order valence-corrected chi connectivity index (χ2v) is 3.39. The Hall–Kier alpha value is -1.46. The van der Waals surface area contributed by atoms with E-state index in [1.165, 1.54) is 0 Å². The Bertz CT molecular complexity index is 288. The Labute approximate surface area is 87.2 Å². The highest BCUT2D eigenvalue weighted by molar-refractivity contribution is 5.83. The third-order valence-electron chi connectivity index (χ3n) is 2.27. The van der Waals surface area contributed by atoms with Gasteiger partial charge in [-0.15, -0.1) is 0 Å². The van der Waals surface area contributed by atoms with E-state index >= 15 is 0 Å². The summed E-state index contributed by atoms with van der Waals surface area (Å²) in [6, 6.07) is 0.